The van der Waals surface area contributed by atoms with E-state index < -0.39 is 0 Å². The van der Waals surface area contributed by atoms with Gasteiger partial charge in [-0.2, -0.15) is 0 Å². The summed E-state index contributed by atoms with van der Waals surface area (Å²) in [5.41, 5.74) is 2.52. The van der Waals surface area contributed by atoms with Gasteiger partial charge in [-0.05, 0) is 43.0 Å². The summed E-state index contributed by atoms with van der Waals surface area (Å²) in [5, 5.41) is 6.94. The highest BCUT2D eigenvalue weighted by molar-refractivity contribution is 14.0. The molecule has 2 aromatic rings. The Balaban J connectivity index is 0.00000256. The lowest BCUT2D eigenvalue weighted by Gasteiger charge is -2.38. The molecule has 2 N–H and O–H groups in total. The number of nitrogens with zero attached hydrogens (tertiary/aromatic N) is 1. The molecule has 2 aromatic carbocycles. The number of nitrogens with one attached hydrogen (secondary N) is 2. The Morgan fingerprint density at radius 2 is 1.77 bits per heavy atom. The van der Waals surface area contributed by atoms with Crippen molar-refractivity contribution in [3.05, 3.63) is 59.7 Å². The van der Waals surface area contributed by atoms with Gasteiger partial charge >= 0.3 is 0 Å². The van der Waals surface area contributed by atoms with Crippen molar-refractivity contribution in [2.45, 2.75) is 31.7 Å². The Bertz CT molecular complexity index is 839. The summed E-state index contributed by atoms with van der Waals surface area (Å²) in [7, 11) is 0. The van der Waals surface area contributed by atoms with Crippen LogP contribution in [0.2, 0.25) is 0 Å². The van der Waals surface area contributed by atoms with E-state index in [2.05, 4.69) is 47.9 Å². The van der Waals surface area contributed by atoms with Crippen LogP contribution in [0.4, 0.5) is 0 Å². The van der Waals surface area contributed by atoms with Crippen LogP contribution in [0.5, 0.6) is 11.5 Å². The molecule has 0 radical (unpaired) electrons. The highest BCUT2D eigenvalue weighted by Crippen LogP contribution is 2.34. The first-order valence-electron chi connectivity index (χ1n) is 10.3. The van der Waals surface area contributed by atoms with Crippen molar-refractivity contribution in [2.24, 2.45) is 4.99 Å². The highest BCUT2D eigenvalue weighted by Gasteiger charge is 2.34. The molecule has 0 unspecified atom stereocenters. The maximum absolute atomic E-state index is 5.65. The Morgan fingerprint density at radius 1 is 1.00 bits per heavy atom. The van der Waals surface area contributed by atoms with Gasteiger partial charge in [0, 0.05) is 31.7 Å². The molecule has 162 valence electrons. The normalized spacial score (nSPS) is 17.2. The third-order valence-corrected chi connectivity index (χ3v) is 5.63. The van der Waals surface area contributed by atoms with Crippen molar-refractivity contribution >= 4 is 29.9 Å². The lowest BCUT2D eigenvalue weighted by atomic mass is 9.74. The average Bonchev–Trinajstić information content (AvgIpc) is 3.25. The van der Waals surface area contributed by atoms with Gasteiger partial charge in [0.05, 0.1) is 6.54 Å². The summed E-state index contributed by atoms with van der Waals surface area (Å²) in [6.07, 6.45) is 2.01. The van der Waals surface area contributed by atoms with E-state index in [9.17, 15) is 0 Å². The molecule has 0 saturated carbocycles. The van der Waals surface area contributed by atoms with E-state index in [1.807, 2.05) is 18.2 Å². The average molecular weight is 523 g/mol. The highest BCUT2D eigenvalue weighted by atomic mass is 127. The monoisotopic (exact) mass is 523 g/mol. The van der Waals surface area contributed by atoms with Crippen LogP contribution in [0.1, 0.15) is 30.9 Å². The lowest BCUT2D eigenvalue weighted by Crippen LogP contribution is -2.48. The second-order valence-corrected chi connectivity index (χ2v) is 7.50. The first kappa shape index (κ1) is 22.7. The van der Waals surface area contributed by atoms with Crippen molar-refractivity contribution in [3.63, 3.8) is 0 Å². The van der Waals surface area contributed by atoms with Gasteiger partial charge in [-0.15, -0.1) is 24.0 Å². The van der Waals surface area contributed by atoms with E-state index in [0.29, 0.717) is 6.54 Å². The largest absolute Gasteiger partial charge is 0.454 e. The van der Waals surface area contributed by atoms with Gasteiger partial charge in [0.15, 0.2) is 17.5 Å². The van der Waals surface area contributed by atoms with Gasteiger partial charge in [0.2, 0.25) is 6.79 Å². The molecule has 4 rings (SSSR count). The van der Waals surface area contributed by atoms with E-state index >= 15 is 0 Å². The predicted octanol–water partition coefficient (Wildman–Crippen LogP) is 3.84. The second-order valence-electron chi connectivity index (χ2n) is 7.50. The fourth-order valence-electron chi connectivity index (χ4n) is 3.93. The Kier molecular flexibility index (Phi) is 8.21. The topological polar surface area (TPSA) is 64.1 Å². The SMILES string of the molecule is CCNC(=NCc1ccc2c(c1)OCO2)NCC1(c2ccccc2)CCOCC1.I. The molecule has 7 heteroatoms. The molecule has 0 spiro atoms. The zero-order valence-electron chi connectivity index (χ0n) is 17.4. The molecule has 2 heterocycles. The summed E-state index contributed by atoms with van der Waals surface area (Å²) in [6, 6.07) is 16.7. The van der Waals surface area contributed by atoms with Gasteiger partial charge in [-0.1, -0.05) is 36.4 Å². The van der Waals surface area contributed by atoms with E-state index in [4.69, 9.17) is 19.2 Å². The van der Waals surface area contributed by atoms with Gasteiger partial charge < -0.3 is 24.8 Å². The van der Waals surface area contributed by atoms with E-state index in [1.165, 1.54) is 5.56 Å². The fourth-order valence-corrected chi connectivity index (χ4v) is 3.93. The van der Waals surface area contributed by atoms with Gasteiger partial charge in [0.25, 0.3) is 0 Å². The summed E-state index contributed by atoms with van der Waals surface area (Å²) >= 11 is 0. The quantitative estimate of drug-likeness (QED) is 0.343. The van der Waals surface area contributed by atoms with E-state index in [0.717, 1.165) is 62.2 Å². The van der Waals surface area contributed by atoms with E-state index in [-0.39, 0.29) is 36.2 Å². The number of fused-ring (bicyclic) bond motifs is 1. The molecule has 1 saturated heterocycles. The number of guanidine groups is 1. The number of hydrogen-bond donors (Lipinski definition) is 2. The number of benzene rings is 2. The van der Waals surface area contributed by atoms with Crippen molar-refractivity contribution in [1.29, 1.82) is 0 Å². The number of hydrogen-bond acceptors (Lipinski definition) is 4. The standard InChI is InChI=1S/C23H29N3O3.HI/c1-2-24-22(25-15-18-8-9-20-21(14-18)29-17-28-20)26-16-23(10-12-27-13-11-23)19-6-4-3-5-7-19;/h3-9,14H,2,10-13,15-17H2,1H3,(H2,24,25,26);1H. The third kappa shape index (κ3) is 5.37. The van der Waals surface area contributed by atoms with Gasteiger partial charge in [-0.3, -0.25) is 0 Å². The zero-order chi connectivity index (χ0) is 19.9. The molecule has 6 nitrogen and oxygen atoms in total. The number of aliphatic imine (C=N–C) groups is 1. The number of rotatable bonds is 6. The first-order valence-corrected chi connectivity index (χ1v) is 10.3. The molecule has 0 bridgehead atoms. The summed E-state index contributed by atoms with van der Waals surface area (Å²) in [6.45, 7) is 6.18. The van der Waals surface area contributed by atoms with Crippen LogP contribution in [0, 0.1) is 0 Å². The maximum atomic E-state index is 5.65. The molecular weight excluding hydrogens is 493 g/mol. The molecule has 30 heavy (non-hydrogen) atoms. The predicted molar refractivity (Wildman–Crippen MR) is 129 cm³/mol. The molecule has 1 fully saturated rings. The second kappa shape index (κ2) is 10.9. The first-order chi connectivity index (χ1) is 14.3. The number of ether oxygens (including phenoxy) is 3. The Labute approximate surface area is 195 Å². The lowest BCUT2D eigenvalue weighted by molar-refractivity contribution is 0.0514. The summed E-state index contributed by atoms with van der Waals surface area (Å²) in [5.74, 6) is 2.42. The van der Waals surface area contributed by atoms with Crippen LogP contribution < -0.4 is 20.1 Å². The molecular formula is C23H30IN3O3. The van der Waals surface area contributed by atoms with Crippen molar-refractivity contribution in [2.75, 3.05) is 33.1 Å². The minimum Gasteiger partial charge on any atom is -0.454 e. The number of halogens is 1. The fraction of sp³-hybridized carbons (Fsp3) is 0.435. The summed E-state index contributed by atoms with van der Waals surface area (Å²) in [4.78, 5) is 4.79. The molecule has 0 amide bonds. The Morgan fingerprint density at radius 3 is 2.53 bits per heavy atom. The van der Waals surface area contributed by atoms with E-state index in [1.54, 1.807) is 0 Å². The minimum absolute atomic E-state index is 0. The summed E-state index contributed by atoms with van der Waals surface area (Å²) < 4.78 is 16.5. The molecule has 0 aromatic heterocycles. The minimum atomic E-state index is 0. The molecule has 0 aliphatic carbocycles. The third-order valence-electron chi connectivity index (χ3n) is 5.63. The smallest absolute Gasteiger partial charge is 0.231 e. The zero-order valence-corrected chi connectivity index (χ0v) is 19.7. The van der Waals surface area contributed by atoms with Crippen LogP contribution in [0.25, 0.3) is 0 Å². The maximum Gasteiger partial charge on any atom is 0.231 e. The molecule has 2 aliphatic rings. The van der Waals surface area contributed by atoms with Crippen LogP contribution in [0.15, 0.2) is 53.5 Å². The van der Waals surface area contributed by atoms with Crippen LogP contribution in [-0.2, 0) is 16.7 Å². The van der Waals surface area contributed by atoms with Crippen LogP contribution in [-0.4, -0.2) is 39.1 Å². The van der Waals surface area contributed by atoms with Gasteiger partial charge in [0.1, 0.15) is 0 Å². The van der Waals surface area contributed by atoms with Crippen LogP contribution >= 0.6 is 24.0 Å². The molecule has 0 atom stereocenters. The van der Waals surface area contributed by atoms with Crippen molar-refractivity contribution in [1.82, 2.24) is 10.6 Å². The molecule has 2 aliphatic heterocycles. The van der Waals surface area contributed by atoms with Crippen molar-refractivity contribution in [3.8, 4) is 11.5 Å². The van der Waals surface area contributed by atoms with Crippen molar-refractivity contribution < 1.29 is 14.2 Å². The Hall–Kier alpha value is -2.00. The van der Waals surface area contributed by atoms with Gasteiger partial charge in [-0.25, -0.2) is 4.99 Å². The van der Waals surface area contributed by atoms with Crippen LogP contribution in [0.3, 0.4) is 0 Å².